The molecule has 102 valence electrons. The van der Waals surface area contributed by atoms with Gasteiger partial charge in [-0.1, -0.05) is 6.07 Å². The van der Waals surface area contributed by atoms with Crippen LogP contribution in [0.3, 0.4) is 0 Å². The zero-order valence-corrected chi connectivity index (χ0v) is 11.3. The summed E-state index contributed by atoms with van der Waals surface area (Å²) in [5, 5.41) is 3.35. The van der Waals surface area contributed by atoms with Crippen molar-refractivity contribution >= 4 is 0 Å². The van der Waals surface area contributed by atoms with Gasteiger partial charge in [0.15, 0.2) is 6.61 Å². The van der Waals surface area contributed by atoms with Crippen LogP contribution in [0, 0.1) is 6.92 Å². The SMILES string of the molecule is Cc1nc(OCC(F)F)ccc1CNC(C)(C)C. The molecule has 1 rings (SSSR count). The van der Waals surface area contributed by atoms with Gasteiger partial charge in [-0.2, -0.15) is 0 Å². The molecule has 0 radical (unpaired) electrons. The van der Waals surface area contributed by atoms with Crippen molar-refractivity contribution in [3.05, 3.63) is 23.4 Å². The standard InChI is InChI=1S/C13H20F2N2O/c1-9-10(7-16-13(2,3)4)5-6-12(17-9)18-8-11(14)15/h5-6,11,16H,7-8H2,1-4H3. The van der Waals surface area contributed by atoms with Crippen molar-refractivity contribution in [2.24, 2.45) is 0 Å². The van der Waals surface area contributed by atoms with Gasteiger partial charge in [-0.3, -0.25) is 0 Å². The Hall–Kier alpha value is -1.23. The Kier molecular flexibility index (Phi) is 5.02. The molecule has 0 saturated heterocycles. The first-order valence-corrected chi connectivity index (χ1v) is 5.90. The lowest BCUT2D eigenvalue weighted by atomic mass is 10.1. The molecule has 0 aromatic carbocycles. The first-order chi connectivity index (χ1) is 8.28. The average molecular weight is 258 g/mol. The number of aromatic nitrogens is 1. The molecule has 5 heteroatoms. The predicted molar refractivity (Wildman–Crippen MR) is 67.1 cm³/mol. The highest BCUT2D eigenvalue weighted by Crippen LogP contribution is 2.14. The fourth-order valence-corrected chi connectivity index (χ4v) is 1.34. The maximum absolute atomic E-state index is 12.0. The van der Waals surface area contributed by atoms with Gasteiger partial charge < -0.3 is 10.1 Å². The second-order valence-corrected chi connectivity index (χ2v) is 5.20. The van der Waals surface area contributed by atoms with E-state index in [-0.39, 0.29) is 11.4 Å². The van der Waals surface area contributed by atoms with Crippen LogP contribution in [0.25, 0.3) is 0 Å². The molecule has 1 heterocycles. The normalized spacial score (nSPS) is 11.9. The van der Waals surface area contributed by atoms with Crippen LogP contribution in [0.2, 0.25) is 0 Å². The van der Waals surface area contributed by atoms with Gasteiger partial charge >= 0.3 is 0 Å². The van der Waals surface area contributed by atoms with Crippen molar-refractivity contribution in [2.75, 3.05) is 6.61 Å². The van der Waals surface area contributed by atoms with Crippen molar-refractivity contribution in [1.29, 1.82) is 0 Å². The Morgan fingerprint density at radius 3 is 2.50 bits per heavy atom. The van der Waals surface area contributed by atoms with Crippen LogP contribution >= 0.6 is 0 Å². The number of nitrogens with zero attached hydrogens (tertiary/aromatic N) is 1. The van der Waals surface area contributed by atoms with E-state index in [2.05, 4.69) is 31.1 Å². The second-order valence-electron chi connectivity index (χ2n) is 5.20. The van der Waals surface area contributed by atoms with Crippen LogP contribution < -0.4 is 10.1 Å². The van der Waals surface area contributed by atoms with Crippen LogP contribution in [0.15, 0.2) is 12.1 Å². The smallest absolute Gasteiger partial charge is 0.272 e. The molecular formula is C13H20F2N2O. The first kappa shape index (κ1) is 14.8. The molecule has 0 unspecified atom stereocenters. The van der Waals surface area contributed by atoms with Crippen molar-refractivity contribution in [2.45, 2.75) is 46.2 Å². The minimum Gasteiger partial charge on any atom is -0.472 e. The highest BCUT2D eigenvalue weighted by molar-refractivity contribution is 5.25. The van der Waals surface area contributed by atoms with E-state index in [1.54, 1.807) is 6.07 Å². The Bertz CT molecular complexity index is 389. The molecule has 18 heavy (non-hydrogen) atoms. The van der Waals surface area contributed by atoms with E-state index in [1.165, 1.54) is 0 Å². The second kappa shape index (κ2) is 6.09. The van der Waals surface area contributed by atoms with Crippen LogP contribution in [0.4, 0.5) is 8.78 Å². The monoisotopic (exact) mass is 258 g/mol. The molecule has 0 saturated carbocycles. The third kappa shape index (κ3) is 5.40. The number of hydrogen-bond acceptors (Lipinski definition) is 3. The lowest BCUT2D eigenvalue weighted by Crippen LogP contribution is -2.35. The van der Waals surface area contributed by atoms with Gasteiger partial charge in [0.1, 0.15) is 0 Å². The van der Waals surface area contributed by atoms with Gasteiger partial charge in [0.25, 0.3) is 6.43 Å². The van der Waals surface area contributed by atoms with Gasteiger partial charge in [-0.15, -0.1) is 0 Å². The fraction of sp³-hybridized carbons (Fsp3) is 0.615. The Morgan fingerprint density at radius 2 is 2.00 bits per heavy atom. The molecule has 0 fully saturated rings. The minimum atomic E-state index is -2.48. The van der Waals surface area contributed by atoms with E-state index in [0.29, 0.717) is 6.54 Å². The fourth-order valence-electron chi connectivity index (χ4n) is 1.34. The van der Waals surface area contributed by atoms with Crippen molar-refractivity contribution in [3.8, 4) is 5.88 Å². The Balaban J connectivity index is 2.62. The average Bonchev–Trinajstić information content (AvgIpc) is 2.23. The number of aryl methyl sites for hydroxylation is 1. The summed E-state index contributed by atoms with van der Waals surface area (Å²) in [5.41, 5.74) is 1.85. The quantitative estimate of drug-likeness (QED) is 0.881. The minimum absolute atomic E-state index is 0.0251. The molecule has 1 N–H and O–H groups in total. The van der Waals surface area contributed by atoms with Gasteiger partial charge in [-0.25, -0.2) is 13.8 Å². The number of halogens is 2. The summed E-state index contributed by atoms with van der Waals surface area (Å²) in [5.74, 6) is 0.243. The van der Waals surface area contributed by atoms with Gasteiger partial charge in [-0.05, 0) is 33.3 Å². The van der Waals surface area contributed by atoms with Gasteiger partial charge in [0.05, 0.1) is 0 Å². The number of ether oxygens (including phenoxy) is 1. The van der Waals surface area contributed by atoms with Gasteiger partial charge in [0.2, 0.25) is 5.88 Å². The molecular weight excluding hydrogens is 238 g/mol. The molecule has 0 aliphatic carbocycles. The molecule has 1 aromatic rings. The highest BCUT2D eigenvalue weighted by atomic mass is 19.3. The lowest BCUT2D eigenvalue weighted by molar-refractivity contribution is 0.0795. The van der Waals surface area contributed by atoms with E-state index in [9.17, 15) is 8.78 Å². The summed E-state index contributed by atoms with van der Waals surface area (Å²) >= 11 is 0. The zero-order valence-electron chi connectivity index (χ0n) is 11.3. The van der Waals surface area contributed by atoms with Crippen LogP contribution in [-0.2, 0) is 6.54 Å². The summed E-state index contributed by atoms with van der Waals surface area (Å²) in [6, 6.07) is 3.47. The molecule has 0 aliphatic rings. The number of alkyl halides is 2. The third-order valence-corrected chi connectivity index (χ3v) is 2.34. The summed E-state index contributed by atoms with van der Waals surface area (Å²) in [6.45, 7) is 8.15. The number of rotatable bonds is 5. The van der Waals surface area contributed by atoms with Gasteiger partial charge in [0, 0.05) is 23.8 Å². The van der Waals surface area contributed by atoms with E-state index in [0.717, 1.165) is 11.3 Å². The Morgan fingerprint density at radius 1 is 1.33 bits per heavy atom. The lowest BCUT2D eigenvalue weighted by Gasteiger charge is -2.21. The van der Waals surface area contributed by atoms with Crippen molar-refractivity contribution < 1.29 is 13.5 Å². The summed E-state index contributed by atoms with van der Waals surface area (Å²) in [4.78, 5) is 4.15. The topological polar surface area (TPSA) is 34.1 Å². The number of hydrogen-bond donors (Lipinski definition) is 1. The molecule has 0 atom stereocenters. The first-order valence-electron chi connectivity index (χ1n) is 5.90. The van der Waals surface area contributed by atoms with Crippen LogP contribution in [0.5, 0.6) is 5.88 Å². The highest BCUT2D eigenvalue weighted by Gasteiger charge is 2.11. The third-order valence-electron chi connectivity index (χ3n) is 2.34. The zero-order chi connectivity index (χ0) is 13.8. The predicted octanol–water partition coefficient (Wildman–Crippen LogP) is 2.92. The van der Waals surface area contributed by atoms with Crippen molar-refractivity contribution in [1.82, 2.24) is 10.3 Å². The summed E-state index contributed by atoms with van der Waals surface area (Å²) in [7, 11) is 0. The molecule has 1 aromatic heterocycles. The van der Waals surface area contributed by atoms with E-state index in [4.69, 9.17) is 4.74 Å². The van der Waals surface area contributed by atoms with Crippen LogP contribution in [0.1, 0.15) is 32.0 Å². The molecule has 3 nitrogen and oxygen atoms in total. The largest absolute Gasteiger partial charge is 0.472 e. The maximum Gasteiger partial charge on any atom is 0.272 e. The molecule has 0 spiro atoms. The van der Waals surface area contributed by atoms with Crippen LogP contribution in [-0.4, -0.2) is 23.6 Å². The summed E-state index contributed by atoms with van der Waals surface area (Å²) < 4.78 is 28.8. The molecule has 0 bridgehead atoms. The van der Waals surface area contributed by atoms with Crippen molar-refractivity contribution in [3.63, 3.8) is 0 Å². The number of pyridine rings is 1. The maximum atomic E-state index is 12.0. The molecule has 0 amide bonds. The van der Waals surface area contributed by atoms with E-state index < -0.39 is 13.0 Å². The van der Waals surface area contributed by atoms with E-state index in [1.807, 2.05) is 13.0 Å². The summed E-state index contributed by atoms with van der Waals surface area (Å²) in [6.07, 6.45) is -2.48. The van der Waals surface area contributed by atoms with E-state index >= 15 is 0 Å². The Labute approximate surface area is 107 Å². The molecule has 0 aliphatic heterocycles. The number of nitrogens with one attached hydrogen (secondary N) is 1.